The topological polar surface area (TPSA) is 97.6 Å². The summed E-state index contributed by atoms with van der Waals surface area (Å²) in [6.07, 6.45) is 3.71. The fraction of sp³-hybridized carbons (Fsp3) is 0.389. The molecule has 1 aromatic heterocycles. The number of rotatable bonds is 8. The molecule has 9 heteroatoms. The molecule has 1 aliphatic rings. The molecule has 146 valence electrons. The van der Waals surface area contributed by atoms with Crippen molar-refractivity contribution in [3.63, 3.8) is 0 Å². The van der Waals surface area contributed by atoms with Gasteiger partial charge in [-0.3, -0.25) is 4.79 Å². The number of carbonyl (C=O) groups is 1. The van der Waals surface area contributed by atoms with Crippen LogP contribution in [0.5, 0.6) is 0 Å². The van der Waals surface area contributed by atoms with Gasteiger partial charge in [0.2, 0.25) is 10.0 Å². The standard InChI is InChI=1S/C18H21ClN2O5S/c19-16-6-5-13(18(22)20-8-7-14-3-1-9-25-14)11-17(16)27(23,24)21-12-15-4-2-10-26-15/h1,3,5-6,9,11,15,21H,2,4,7-8,10,12H2,(H,20,22). The van der Waals surface area contributed by atoms with Crippen LogP contribution in [0.4, 0.5) is 0 Å². The Hall–Kier alpha value is -1.87. The monoisotopic (exact) mass is 412 g/mol. The van der Waals surface area contributed by atoms with Crippen LogP contribution in [-0.2, 0) is 21.2 Å². The van der Waals surface area contributed by atoms with Crippen LogP contribution < -0.4 is 10.0 Å². The molecule has 27 heavy (non-hydrogen) atoms. The van der Waals surface area contributed by atoms with Gasteiger partial charge in [-0.15, -0.1) is 0 Å². The number of carbonyl (C=O) groups excluding carboxylic acids is 1. The maximum Gasteiger partial charge on any atom is 0.251 e. The molecule has 3 rings (SSSR count). The van der Waals surface area contributed by atoms with Gasteiger partial charge in [-0.25, -0.2) is 13.1 Å². The van der Waals surface area contributed by atoms with Gasteiger partial charge in [-0.2, -0.15) is 0 Å². The normalized spacial score (nSPS) is 17.1. The lowest BCUT2D eigenvalue weighted by Crippen LogP contribution is -2.32. The molecule has 2 aromatic rings. The van der Waals surface area contributed by atoms with E-state index in [-0.39, 0.29) is 34.0 Å². The van der Waals surface area contributed by atoms with E-state index < -0.39 is 10.0 Å². The van der Waals surface area contributed by atoms with Gasteiger partial charge in [0.05, 0.1) is 17.4 Å². The van der Waals surface area contributed by atoms with Crippen LogP contribution in [0.2, 0.25) is 5.02 Å². The molecule has 0 spiro atoms. The fourth-order valence-electron chi connectivity index (χ4n) is 2.79. The first-order valence-corrected chi connectivity index (χ1v) is 10.5. The molecular formula is C18H21ClN2O5S. The predicted molar refractivity (Wildman–Crippen MR) is 100 cm³/mol. The number of amides is 1. The first-order chi connectivity index (χ1) is 13.0. The Morgan fingerprint density at radius 2 is 2.15 bits per heavy atom. The highest BCUT2D eigenvalue weighted by molar-refractivity contribution is 7.89. The number of furan rings is 1. The third-order valence-electron chi connectivity index (χ3n) is 4.24. The van der Waals surface area contributed by atoms with Gasteiger partial charge in [-0.1, -0.05) is 11.6 Å². The number of nitrogens with one attached hydrogen (secondary N) is 2. The number of ether oxygens (including phenoxy) is 1. The summed E-state index contributed by atoms with van der Waals surface area (Å²) in [5.74, 6) is 0.377. The van der Waals surface area contributed by atoms with E-state index in [9.17, 15) is 13.2 Å². The summed E-state index contributed by atoms with van der Waals surface area (Å²) in [4.78, 5) is 12.2. The molecule has 7 nitrogen and oxygen atoms in total. The van der Waals surface area contributed by atoms with E-state index in [2.05, 4.69) is 10.0 Å². The quantitative estimate of drug-likeness (QED) is 0.693. The van der Waals surface area contributed by atoms with Crippen LogP contribution in [0.25, 0.3) is 0 Å². The van der Waals surface area contributed by atoms with Crippen molar-refractivity contribution in [2.75, 3.05) is 19.7 Å². The molecule has 1 aromatic carbocycles. The van der Waals surface area contributed by atoms with E-state index >= 15 is 0 Å². The van der Waals surface area contributed by atoms with Gasteiger partial charge in [0.15, 0.2) is 0 Å². The van der Waals surface area contributed by atoms with E-state index in [1.807, 2.05) is 6.07 Å². The second kappa shape index (κ2) is 8.88. The lowest BCUT2D eigenvalue weighted by molar-refractivity contribution is 0.0953. The zero-order valence-corrected chi connectivity index (χ0v) is 16.2. The van der Waals surface area contributed by atoms with E-state index in [0.29, 0.717) is 19.6 Å². The largest absolute Gasteiger partial charge is 0.469 e. The molecule has 1 atom stereocenters. The van der Waals surface area contributed by atoms with Crippen molar-refractivity contribution < 1.29 is 22.4 Å². The van der Waals surface area contributed by atoms with E-state index in [0.717, 1.165) is 18.6 Å². The van der Waals surface area contributed by atoms with Crippen molar-refractivity contribution in [3.8, 4) is 0 Å². The molecular weight excluding hydrogens is 392 g/mol. The number of sulfonamides is 1. The Kier molecular flexibility index (Phi) is 6.54. The summed E-state index contributed by atoms with van der Waals surface area (Å²) >= 11 is 6.06. The van der Waals surface area contributed by atoms with Crippen LogP contribution in [0, 0.1) is 0 Å². The Bertz CT molecular complexity index is 877. The minimum Gasteiger partial charge on any atom is -0.469 e. The molecule has 1 saturated heterocycles. The number of halogens is 1. The lowest BCUT2D eigenvalue weighted by Gasteiger charge is -2.13. The van der Waals surface area contributed by atoms with Crippen molar-refractivity contribution >= 4 is 27.5 Å². The fourth-order valence-corrected chi connectivity index (χ4v) is 4.38. The third-order valence-corrected chi connectivity index (χ3v) is 6.15. The van der Waals surface area contributed by atoms with Crippen LogP contribution >= 0.6 is 11.6 Å². The summed E-state index contributed by atoms with van der Waals surface area (Å²) in [7, 11) is -3.85. The van der Waals surface area contributed by atoms with Crippen LogP contribution in [-0.4, -0.2) is 40.1 Å². The molecule has 2 N–H and O–H groups in total. The second-order valence-corrected chi connectivity index (χ2v) is 8.36. The molecule has 0 saturated carbocycles. The average Bonchev–Trinajstić information content (AvgIpc) is 3.34. The van der Waals surface area contributed by atoms with Gasteiger partial charge in [0.1, 0.15) is 10.7 Å². The SMILES string of the molecule is O=C(NCCc1ccco1)c1ccc(Cl)c(S(=O)(=O)NCC2CCCO2)c1. The summed E-state index contributed by atoms with van der Waals surface area (Å²) in [6.45, 7) is 1.19. The Labute approximate surface area is 163 Å². The summed E-state index contributed by atoms with van der Waals surface area (Å²) < 4.78 is 38.2. The zero-order chi connectivity index (χ0) is 19.3. The molecule has 0 aliphatic carbocycles. The van der Waals surface area contributed by atoms with Gasteiger partial charge < -0.3 is 14.5 Å². The highest BCUT2D eigenvalue weighted by Gasteiger charge is 2.23. The third kappa shape index (κ3) is 5.32. The van der Waals surface area contributed by atoms with Crippen LogP contribution in [0.3, 0.4) is 0 Å². The van der Waals surface area contributed by atoms with Crippen LogP contribution in [0.15, 0.2) is 45.9 Å². The highest BCUT2D eigenvalue weighted by Crippen LogP contribution is 2.23. The Balaban J connectivity index is 1.64. The average molecular weight is 413 g/mol. The van der Waals surface area contributed by atoms with Crippen molar-refractivity contribution in [2.24, 2.45) is 0 Å². The van der Waals surface area contributed by atoms with Gasteiger partial charge in [-0.05, 0) is 43.2 Å². The van der Waals surface area contributed by atoms with Gasteiger partial charge >= 0.3 is 0 Å². The van der Waals surface area contributed by atoms with Crippen LogP contribution in [0.1, 0.15) is 29.0 Å². The molecule has 2 heterocycles. The van der Waals surface area contributed by atoms with E-state index in [1.165, 1.54) is 18.2 Å². The molecule has 0 radical (unpaired) electrons. The minimum absolute atomic E-state index is 0.0574. The van der Waals surface area contributed by atoms with Crippen molar-refractivity contribution in [1.82, 2.24) is 10.0 Å². The van der Waals surface area contributed by atoms with Gasteiger partial charge in [0.25, 0.3) is 5.91 Å². The summed E-state index contributed by atoms with van der Waals surface area (Å²) in [5.41, 5.74) is 0.219. The molecule has 1 aliphatic heterocycles. The zero-order valence-electron chi connectivity index (χ0n) is 14.6. The maximum atomic E-state index is 12.6. The Morgan fingerprint density at radius 3 is 2.85 bits per heavy atom. The molecule has 1 amide bonds. The van der Waals surface area contributed by atoms with Gasteiger partial charge in [0, 0.05) is 31.7 Å². The number of benzene rings is 1. The van der Waals surface area contributed by atoms with E-state index in [1.54, 1.807) is 12.3 Å². The van der Waals surface area contributed by atoms with Crippen molar-refractivity contribution in [1.29, 1.82) is 0 Å². The molecule has 1 fully saturated rings. The predicted octanol–water partition coefficient (Wildman–Crippen LogP) is 2.36. The highest BCUT2D eigenvalue weighted by atomic mass is 35.5. The second-order valence-electron chi connectivity index (χ2n) is 6.22. The van der Waals surface area contributed by atoms with Crippen molar-refractivity contribution in [3.05, 3.63) is 52.9 Å². The number of hydrogen-bond acceptors (Lipinski definition) is 5. The Morgan fingerprint density at radius 1 is 1.30 bits per heavy atom. The van der Waals surface area contributed by atoms with E-state index in [4.69, 9.17) is 20.8 Å². The first kappa shape index (κ1) is 19.9. The summed E-state index contributed by atoms with van der Waals surface area (Å²) in [5, 5.41) is 2.79. The molecule has 0 bridgehead atoms. The molecule has 1 unspecified atom stereocenters. The smallest absolute Gasteiger partial charge is 0.251 e. The maximum absolute atomic E-state index is 12.6. The minimum atomic E-state index is -3.85. The first-order valence-electron chi connectivity index (χ1n) is 8.67. The number of hydrogen-bond donors (Lipinski definition) is 2. The lowest BCUT2D eigenvalue weighted by atomic mass is 10.2. The summed E-state index contributed by atoms with van der Waals surface area (Å²) in [6, 6.07) is 7.77. The van der Waals surface area contributed by atoms with Crippen molar-refractivity contribution in [2.45, 2.75) is 30.3 Å².